The van der Waals surface area contributed by atoms with Crippen LogP contribution in [0.15, 0.2) is 29.6 Å². The number of anilines is 2. The summed E-state index contributed by atoms with van der Waals surface area (Å²) in [5.74, 6) is 1.06. The summed E-state index contributed by atoms with van der Waals surface area (Å²) in [5.41, 5.74) is 3.11. The lowest BCUT2D eigenvalue weighted by molar-refractivity contribution is -0.117. The minimum absolute atomic E-state index is 0.230. The highest BCUT2D eigenvalue weighted by Crippen LogP contribution is 2.32. The first-order valence-corrected chi connectivity index (χ1v) is 9.70. The molecule has 0 unspecified atom stereocenters. The Bertz CT molecular complexity index is 734. The molecule has 0 radical (unpaired) electrons. The average molecular weight is 341 g/mol. The van der Waals surface area contributed by atoms with Gasteiger partial charge in [0.1, 0.15) is 0 Å². The molecular weight excluding hydrogens is 318 g/mol. The second-order valence-electron chi connectivity index (χ2n) is 6.88. The fourth-order valence-corrected chi connectivity index (χ4v) is 4.38. The number of nitrogens with zero attached hydrogens (tertiary/aromatic N) is 3. The van der Waals surface area contributed by atoms with Crippen molar-refractivity contribution >= 4 is 28.1 Å². The van der Waals surface area contributed by atoms with Crippen molar-refractivity contribution in [3.8, 4) is 11.3 Å². The minimum atomic E-state index is 0.230. The molecule has 2 fully saturated rings. The Hall–Kier alpha value is -1.88. The molecular formula is C19H23N3OS. The van der Waals surface area contributed by atoms with Crippen LogP contribution in [0.1, 0.15) is 32.6 Å². The van der Waals surface area contributed by atoms with Crippen LogP contribution in [0.5, 0.6) is 0 Å². The van der Waals surface area contributed by atoms with Crippen LogP contribution in [0.4, 0.5) is 10.8 Å². The van der Waals surface area contributed by atoms with Gasteiger partial charge in [0.25, 0.3) is 0 Å². The van der Waals surface area contributed by atoms with E-state index in [9.17, 15) is 4.79 Å². The molecule has 0 bridgehead atoms. The lowest BCUT2D eigenvalue weighted by Crippen LogP contribution is -2.32. The Morgan fingerprint density at radius 1 is 1.21 bits per heavy atom. The van der Waals surface area contributed by atoms with Crippen molar-refractivity contribution in [3.05, 3.63) is 29.6 Å². The molecule has 1 aromatic carbocycles. The van der Waals surface area contributed by atoms with Crippen LogP contribution in [0.25, 0.3) is 11.3 Å². The van der Waals surface area contributed by atoms with Crippen LogP contribution in [0.3, 0.4) is 0 Å². The quantitative estimate of drug-likeness (QED) is 0.840. The van der Waals surface area contributed by atoms with Gasteiger partial charge in [0.05, 0.1) is 5.69 Å². The highest BCUT2D eigenvalue weighted by Gasteiger charge is 2.22. The number of rotatable bonds is 3. The first kappa shape index (κ1) is 15.6. The fourth-order valence-electron chi connectivity index (χ4n) is 3.50. The van der Waals surface area contributed by atoms with Crippen molar-refractivity contribution in [2.24, 2.45) is 5.92 Å². The van der Waals surface area contributed by atoms with E-state index < -0.39 is 0 Å². The highest BCUT2D eigenvalue weighted by molar-refractivity contribution is 7.14. The third-order valence-electron chi connectivity index (χ3n) is 5.07. The van der Waals surface area contributed by atoms with Crippen LogP contribution in [-0.2, 0) is 4.79 Å². The maximum atomic E-state index is 12.0. The van der Waals surface area contributed by atoms with Gasteiger partial charge in [-0.25, -0.2) is 4.98 Å². The molecule has 4 rings (SSSR count). The van der Waals surface area contributed by atoms with Crippen molar-refractivity contribution < 1.29 is 4.79 Å². The lowest BCUT2D eigenvalue weighted by atomic mass is 10.00. The van der Waals surface area contributed by atoms with Gasteiger partial charge >= 0.3 is 0 Å². The van der Waals surface area contributed by atoms with Crippen LogP contribution < -0.4 is 9.80 Å². The number of aromatic nitrogens is 1. The average Bonchev–Trinajstić information content (AvgIpc) is 3.25. The number of benzene rings is 1. The van der Waals surface area contributed by atoms with E-state index in [1.165, 1.54) is 12.8 Å². The molecule has 2 aliphatic heterocycles. The van der Waals surface area contributed by atoms with Crippen LogP contribution in [0, 0.1) is 5.92 Å². The van der Waals surface area contributed by atoms with Gasteiger partial charge in [-0.15, -0.1) is 11.3 Å². The molecule has 2 aromatic rings. The summed E-state index contributed by atoms with van der Waals surface area (Å²) in [4.78, 5) is 21.1. The van der Waals surface area contributed by atoms with E-state index in [-0.39, 0.29) is 5.91 Å². The molecule has 2 saturated heterocycles. The zero-order valence-electron chi connectivity index (χ0n) is 14.1. The third-order valence-corrected chi connectivity index (χ3v) is 5.97. The number of carbonyl (C=O) groups excluding carboxylic acids is 1. The third kappa shape index (κ3) is 3.05. The van der Waals surface area contributed by atoms with Crippen molar-refractivity contribution in [3.63, 3.8) is 0 Å². The Kier molecular flexibility index (Phi) is 4.27. The Morgan fingerprint density at radius 3 is 2.79 bits per heavy atom. The molecule has 1 amide bonds. The number of thiazole rings is 1. The summed E-state index contributed by atoms with van der Waals surface area (Å²) in [7, 11) is 0. The molecule has 3 heterocycles. The van der Waals surface area contributed by atoms with E-state index >= 15 is 0 Å². The van der Waals surface area contributed by atoms with Crippen LogP contribution in [-0.4, -0.2) is 30.5 Å². The number of piperidine rings is 1. The number of amides is 1. The van der Waals surface area contributed by atoms with Crippen LogP contribution in [0.2, 0.25) is 0 Å². The van der Waals surface area contributed by atoms with Gasteiger partial charge in [-0.2, -0.15) is 0 Å². The highest BCUT2D eigenvalue weighted by atomic mass is 32.1. The zero-order chi connectivity index (χ0) is 16.5. The summed E-state index contributed by atoms with van der Waals surface area (Å²) in [6.45, 7) is 5.37. The van der Waals surface area contributed by atoms with Gasteiger partial charge in [-0.1, -0.05) is 19.1 Å². The SMILES string of the molecule is CC1CCN(c2nc(-c3cccc(N4CCCC4=O)c3)cs2)CC1. The first-order chi connectivity index (χ1) is 11.7. The standard InChI is InChI=1S/C19H23N3OS/c1-14-7-10-21(11-8-14)19-20-17(13-24-19)15-4-2-5-16(12-15)22-9-3-6-18(22)23/h2,4-5,12-14H,3,6-11H2,1H3. The molecule has 24 heavy (non-hydrogen) atoms. The zero-order valence-corrected chi connectivity index (χ0v) is 14.9. The van der Waals surface area contributed by atoms with E-state index in [1.807, 2.05) is 17.0 Å². The fraction of sp³-hybridized carbons (Fsp3) is 0.474. The van der Waals surface area contributed by atoms with Gasteiger partial charge in [0.15, 0.2) is 5.13 Å². The summed E-state index contributed by atoms with van der Waals surface area (Å²) in [6, 6.07) is 8.23. The molecule has 1 aromatic heterocycles. The van der Waals surface area contributed by atoms with E-state index in [0.717, 1.165) is 54.0 Å². The van der Waals surface area contributed by atoms with Gasteiger partial charge in [-0.05, 0) is 37.3 Å². The van der Waals surface area contributed by atoms with Crippen molar-refractivity contribution in [1.29, 1.82) is 0 Å². The monoisotopic (exact) mass is 341 g/mol. The van der Waals surface area contributed by atoms with Crippen molar-refractivity contribution in [2.45, 2.75) is 32.6 Å². The molecule has 0 aliphatic carbocycles. The van der Waals surface area contributed by atoms with E-state index in [4.69, 9.17) is 4.98 Å². The second-order valence-corrected chi connectivity index (χ2v) is 7.72. The Morgan fingerprint density at radius 2 is 2.04 bits per heavy atom. The maximum Gasteiger partial charge on any atom is 0.227 e. The summed E-state index contributed by atoms with van der Waals surface area (Å²) >= 11 is 1.73. The molecule has 4 nitrogen and oxygen atoms in total. The summed E-state index contributed by atoms with van der Waals surface area (Å²) < 4.78 is 0. The molecule has 2 aliphatic rings. The van der Waals surface area contributed by atoms with Gasteiger partial charge in [0.2, 0.25) is 5.91 Å². The lowest BCUT2D eigenvalue weighted by Gasteiger charge is -2.29. The smallest absolute Gasteiger partial charge is 0.227 e. The molecule has 126 valence electrons. The molecule has 5 heteroatoms. The molecule has 0 N–H and O–H groups in total. The topological polar surface area (TPSA) is 36.4 Å². The van der Waals surface area contributed by atoms with Gasteiger partial charge < -0.3 is 9.80 Å². The number of hydrogen-bond acceptors (Lipinski definition) is 4. The number of hydrogen-bond donors (Lipinski definition) is 0. The van der Waals surface area contributed by atoms with E-state index in [2.05, 4.69) is 29.3 Å². The summed E-state index contributed by atoms with van der Waals surface area (Å²) in [6.07, 6.45) is 4.12. The van der Waals surface area contributed by atoms with Crippen molar-refractivity contribution in [2.75, 3.05) is 29.4 Å². The Balaban J connectivity index is 1.55. The maximum absolute atomic E-state index is 12.0. The largest absolute Gasteiger partial charge is 0.348 e. The predicted octanol–water partition coefficient (Wildman–Crippen LogP) is 4.17. The second kappa shape index (κ2) is 6.55. The normalized spacial score (nSPS) is 19.3. The first-order valence-electron chi connectivity index (χ1n) is 8.82. The van der Waals surface area contributed by atoms with Gasteiger partial charge in [-0.3, -0.25) is 4.79 Å². The summed E-state index contributed by atoms with van der Waals surface area (Å²) in [5, 5.41) is 3.26. The van der Waals surface area contributed by atoms with E-state index in [1.54, 1.807) is 11.3 Å². The van der Waals surface area contributed by atoms with Crippen LogP contribution >= 0.6 is 11.3 Å². The predicted molar refractivity (Wildman–Crippen MR) is 99.7 cm³/mol. The number of carbonyl (C=O) groups is 1. The van der Waals surface area contributed by atoms with Gasteiger partial charge in [0, 0.05) is 42.7 Å². The molecule has 0 saturated carbocycles. The van der Waals surface area contributed by atoms with Crippen molar-refractivity contribution in [1.82, 2.24) is 4.98 Å². The molecule has 0 atom stereocenters. The van der Waals surface area contributed by atoms with E-state index in [0.29, 0.717) is 6.42 Å². The molecule has 0 spiro atoms. The Labute approximate surface area is 147 Å². The minimum Gasteiger partial charge on any atom is -0.348 e.